The minimum atomic E-state index is -3.83. The maximum Gasteiger partial charge on any atom is 0.264 e. The summed E-state index contributed by atoms with van der Waals surface area (Å²) in [5, 5.41) is 3.58. The Morgan fingerprint density at radius 1 is 1.16 bits per heavy atom. The molecule has 2 heterocycles. The molecule has 1 aliphatic rings. The second-order valence-corrected chi connectivity index (χ2v) is 9.55. The lowest BCUT2D eigenvalue weighted by molar-refractivity contribution is 0.102. The zero-order valence-corrected chi connectivity index (χ0v) is 18.7. The van der Waals surface area contributed by atoms with Crippen LogP contribution in [-0.4, -0.2) is 39.2 Å². The zero-order valence-electron chi connectivity index (χ0n) is 17.0. The van der Waals surface area contributed by atoms with Gasteiger partial charge in [0.15, 0.2) is 0 Å². The highest BCUT2D eigenvalue weighted by Crippen LogP contribution is 2.34. The monoisotopic (exact) mass is 455 g/mol. The van der Waals surface area contributed by atoms with E-state index in [0.717, 1.165) is 10.6 Å². The van der Waals surface area contributed by atoms with Crippen LogP contribution in [0.1, 0.15) is 15.9 Å². The van der Waals surface area contributed by atoms with Gasteiger partial charge in [0.2, 0.25) is 0 Å². The van der Waals surface area contributed by atoms with E-state index in [2.05, 4.69) is 10.3 Å². The number of hydrogen-bond acceptors (Lipinski definition) is 6. The fraction of sp³-hybridized carbons (Fsp3) is 0.182. The first-order valence-electron chi connectivity index (χ1n) is 9.54. The minimum absolute atomic E-state index is 0.0333. The van der Waals surface area contributed by atoms with Crippen LogP contribution in [0.3, 0.4) is 0 Å². The Morgan fingerprint density at radius 2 is 1.97 bits per heavy atom. The summed E-state index contributed by atoms with van der Waals surface area (Å²) in [6.45, 7) is 0.364. The molecular weight excluding hydrogens is 434 g/mol. The van der Waals surface area contributed by atoms with Crippen LogP contribution in [0.4, 0.5) is 11.4 Å². The molecule has 0 saturated carbocycles. The number of aromatic nitrogens is 1. The van der Waals surface area contributed by atoms with Crippen molar-refractivity contribution in [2.24, 2.45) is 0 Å². The lowest BCUT2D eigenvalue weighted by Gasteiger charge is -2.20. The number of anilines is 2. The van der Waals surface area contributed by atoms with Gasteiger partial charge in [0, 0.05) is 6.54 Å². The van der Waals surface area contributed by atoms with Crippen LogP contribution in [0.5, 0.6) is 5.75 Å². The third-order valence-corrected chi connectivity index (χ3v) is 7.52. The van der Waals surface area contributed by atoms with Crippen molar-refractivity contribution in [3.63, 3.8) is 0 Å². The number of rotatable bonds is 6. The Balaban J connectivity index is 1.66. The third kappa shape index (κ3) is 4.11. The van der Waals surface area contributed by atoms with Gasteiger partial charge < -0.3 is 10.1 Å². The van der Waals surface area contributed by atoms with Crippen LogP contribution in [-0.2, 0) is 16.4 Å². The Morgan fingerprint density at radius 3 is 2.68 bits per heavy atom. The molecule has 1 aliphatic heterocycles. The van der Waals surface area contributed by atoms with Gasteiger partial charge in [0.05, 0.1) is 40.2 Å². The van der Waals surface area contributed by atoms with Crippen molar-refractivity contribution in [2.45, 2.75) is 16.3 Å². The topological polar surface area (TPSA) is 88.6 Å². The summed E-state index contributed by atoms with van der Waals surface area (Å²) in [5.74, 6) is -0.193. The molecule has 0 aliphatic carbocycles. The van der Waals surface area contributed by atoms with Gasteiger partial charge >= 0.3 is 0 Å². The molecule has 31 heavy (non-hydrogen) atoms. The van der Waals surface area contributed by atoms with Crippen molar-refractivity contribution in [1.82, 2.24) is 4.98 Å². The predicted octanol–water partition coefficient (Wildman–Crippen LogP) is 3.82. The smallest absolute Gasteiger partial charge is 0.264 e. The number of hydrogen-bond donors (Lipinski definition) is 1. The number of nitrogens with one attached hydrogen (secondary N) is 1. The van der Waals surface area contributed by atoms with E-state index in [1.165, 1.54) is 41.4 Å². The second kappa shape index (κ2) is 8.60. The number of para-hydroxylation sites is 1. The van der Waals surface area contributed by atoms with E-state index in [9.17, 15) is 13.2 Å². The lowest BCUT2D eigenvalue weighted by atomic mass is 10.2. The molecule has 3 aromatic rings. The average molecular weight is 456 g/mol. The molecular formula is C22H21N3O4S2. The van der Waals surface area contributed by atoms with E-state index in [1.807, 2.05) is 24.5 Å². The predicted molar refractivity (Wildman–Crippen MR) is 122 cm³/mol. The number of thioether (sulfide) groups is 1. The molecule has 9 heteroatoms. The van der Waals surface area contributed by atoms with E-state index >= 15 is 0 Å². The SMILES string of the molecule is COc1ccc(S(=O)(=O)N2CCc3ccccc32)cc1C(=O)Nc1ccc(SC)nc1. The van der Waals surface area contributed by atoms with Gasteiger partial charge in [0.1, 0.15) is 5.75 Å². The number of carbonyl (C=O) groups is 1. The molecule has 0 fully saturated rings. The van der Waals surface area contributed by atoms with Crippen molar-refractivity contribution in [3.8, 4) is 5.75 Å². The highest BCUT2D eigenvalue weighted by atomic mass is 32.2. The average Bonchev–Trinajstić information content (AvgIpc) is 3.24. The van der Waals surface area contributed by atoms with Gasteiger partial charge in [-0.3, -0.25) is 9.10 Å². The van der Waals surface area contributed by atoms with Crippen LogP contribution in [0.25, 0.3) is 0 Å². The molecule has 1 N–H and O–H groups in total. The molecule has 2 aromatic carbocycles. The van der Waals surface area contributed by atoms with Crippen molar-refractivity contribution in [1.29, 1.82) is 0 Å². The van der Waals surface area contributed by atoms with E-state index in [1.54, 1.807) is 24.4 Å². The summed E-state index contributed by atoms with van der Waals surface area (Å²) in [7, 11) is -2.40. The van der Waals surface area contributed by atoms with Gasteiger partial charge in [-0.05, 0) is 54.6 Å². The number of benzene rings is 2. The van der Waals surface area contributed by atoms with Crippen LogP contribution >= 0.6 is 11.8 Å². The molecule has 0 atom stereocenters. The Hall–Kier alpha value is -3.04. The fourth-order valence-electron chi connectivity index (χ4n) is 3.48. The summed E-state index contributed by atoms with van der Waals surface area (Å²) in [6.07, 6.45) is 4.12. The number of fused-ring (bicyclic) bond motifs is 1. The first-order valence-corrected chi connectivity index (χ1v) is 12.2. The third-order valence-electron chi connectivity index (χ3n) is 5.05. The first kappa shape index (κ1) is 21.2. The highest BCUT2D eigenvalue weighted by Gasteiger charge is 2.31. The Labute approximate surface area is 185 Å². The number of sulfonamides is 1. The summed E-state index contributed by atoms with van der Waals surface area (Å²) >= 11 is 1.50. The Bertz CT molecular complexity index is 1230. The van der Waals surface area contributed by atoms with Crippen molar-refractivity contribution in [3.05, 3.63) is 71.9 Å². The fourth-order valence-corrected chi connectivity index (χ4v) is 5.38. The van der Waals surface area contributed by atoms with Crippen LogP contribution in [0.15, 0.2) is 70.7 Å². The summed E-state index contributed by atoms with van der Waals surface area (Å²) in [4.78, 5) is 17.2. The molecule has 0 bridgehead atoms. The largest absolute Gasteiger partial charge is 0.496 e. The molecule has 0 spiro atoms. The van der Waals surface area contributed by atoms with Crippen molar-refractivity contribution in [2.75, 3.05) is 29.5 Å². The maximum atomic E-state index is 13.3. The van der Waals surface area contributed by atoms with Crippen LogP contribution in [0.2, 0.25) is 0 Å². The number of methoxy groups -OCH3 is 1. The maximum absolute atomic E-state index is 13.3. The molecule has 0 radical (unpaired) electrons. The standard InChI is InChI=1S/C22H21N3O4S2/c1-29-20-9-8-17(31(27,28)25-12-11-15-5-3-4-6-19(15)25)13-18(20)22(26)24-16-7-10-21(30-2)23-14-16/h3-10,13-14H,11-12H2,1-2H3,(H,24,26). The van der Waals surface area contributed by atoms with Crippen LogP contribution in [0, 0.1) is 0 Å². The molecule has 160 valence electrons. The number of nitrogens with zero attached hydrogens (tertiary/aromatic N) is 2. The minimum Gasteiger partial charge on any atom is -0.496 e. The summed E-state index contributed by atoms with van der Waals surface area (Å²) in [6, 6.07) is 15.3. The number of ether oxygens (including phenoxy) is 1. The van der Waals surface area contributed by atoms with E-state index < -0.39 is 15.9 Å². The summed E-state index contributed by atoms with van der Waals surface area (Å²) in [5.41, 5.74) is 2.29. The van der Waals surface area contributed by atoms with E-state index in [4.69, 9.17) is 4.74 Å². The molecule has 1 amide bonds. The first-order chi connectivity index (χ1) is 14.9. The molecule has 4 rings (SSSR count). The van der Waals surface area contributed by atoms with Crippen molar-refractivity contribution < 1.29 is 17.9 Å². The number of carbonyl (C=O) groups excluding carboxylic acids is 1. The van der Waals surface area contributed by atoms with Gasteiger partial charge in [-0.1, -0.05) is 18.2 Å². The normalized spacial score (nSPS) is 13.0. The van der Waals surface area contributed by atoms with Crippen molar-refractivity contribution >= 4 is 39.1 Å². The molecule has 0 saturated heterocycles. The summed E-state index contributed by atoms with van der Waals surface area (Å²) < 4.78 is 33.4. The van der Waals surface area contributed by atoms with E-state index in [0.29, 0.717) is 24.3 Å². The molecule has 1 aromatic heterocycles. The van der Waals surface area contributed by atoms with Gasteiger partial charge in [-0.15, -0.1) is 11.8 Å². The zero-order chi connectivity index (χ0) is 22.0. The molecule has 0 unspecified atom stereocenters. The highest BCUT2D eigenvalue weighted by molar-refractivity contribution is 7.98. The number of pyridine rings is 1. The van der Waals surface area contributed by atoms with Gasteiger partial charge in [0.25, 0.3) is 15.9 Å². The lowest BCUT2D eigenvalue weighted by Crippen LogP contribution is -2.29. The second-order valence-electron chi connectivity index (χ2n) is 6.86. The van der Waals surface area contributed by atoms with Crippen LogP contribution < -0.4 is 14.4 Å². The van der Waals surface area contributed by atoms with Gasteiger partial charge in [-0.25, -0.2) is 13.4 Å². The quantitative estimate of drug-likeness (QED) is 0.569. The van der Waals surface area contributed by atoms with E-state index in [-0.39, 0.29) is 16.2 Å². The Kier molecular flexibility index (Phi) is 5.88. The van der Waals surface area contributed by atoms with Gasteiger partial charge in [-0.2, -0.15) is 0 Å². The molecule has 7 nitrogen and oxygen atoms in total. The number of amides is 1.